The fourth-order valence-corrected chi connectivity index (χ4v) is 3.17. The second-order valence-electron chi connectivity index (χ2n) is 6.83. The van der Waals surface area contributed by atoms with Crippen LogP contribution < -0.4 is 10.1 Å². The van der Waals surface area contributed by atoms with Crippen molar-refractivity contribution >= 4 is 17.7 Å². The number of hydrogen-bond acceptors (Lipinski definition) is 6. The van der Waals surface area contributed by atoms with E-state index in [0.717, 1.165) is 0 Å². The number of nitrogens with one attached hydrogen (secondary N) is 1. The van der Waals surface area contributed by atoms with Crippen LogP contribution in [-0.4, -0.2) is 59.7 Å². The first-order valence-corrected chi connectivity index (χ1v) is 9.54. The van der Waals surface area contributed by atoms with Crippen molar-refractivity contribution < 1.29 is 55.7 Å². The van der Waals surface area contributed by atoms with E-state index in [1.54, 1.807) is 0 Å². The van der Waals surface area contributed by atoms with Gasteiger partial charge in [0.25, 0.3) is 5.91 Å². The van der Waals surface area contributed by atoms with Crippen LogP contribution in [0.3, 0.4) is 0 Å². The topological polar surface area (TPSA) is 88.2 Å². The number of amides is 3. The minimum absolute atomic E-state index is 0.264. The summed E-state index contributed by atoms with van der Waals surface area (Å²) in [5.74, 6) is -7.09. The lowest BCUT2D eigenvalue weighted by Crippen LogP contribution is -2.52. The van der Waals surface area contributed by atoms with E-state index in [-0.39, 0.29) is 11.3 Å². The minimum atomic E-state index is -4.25. The number of halogens is 1. The van der Waals surface area contributed by atoms with E-state index < -0.39 is 151 Å². The van der Waals surface area contributed by atoms with Gasteiger partial charge in [0.15, 0.2) is 0 Å². The molecule has 2 aromatic carbocycles. The van der Waals surface area contributed by atoms with Crippen molar-refractivity contribution in [2.45, 2.75) is 38.4 Å². The Bertz CT molecular complexity index is 2000. The van der Waals surface area contributed by atoms with Crippen LogP contribution in [0.15, 0.2) is 36.3 Å². The molecule has 0 aliphatic carbocycles. The molecule has 1 atom stereocenters. The van der Waals surface area contributed by atoms with Crippen LogP contribution in [-0.2, 0) is 33.9 Å². The minimum Gasteiger partial charge on any atom is -0.488 e. The number of fused-ring (bicyclic) bond motifs is 1. The summed E-state index contributed by atoms with van der Waals surface area (Å²) in [6.07, 6.45) is -0.799. The number of nitrogens with zero attached hydrogens (tertiary/aromatic N) is 2. The number of morpholine rings is 1. The molecular weight excluding hydrogens is 441 g/mol. The molecule has 3 aliphatic heterocycles. The molecule has 0 bridgehead atoms. The maximum absolute atomic E-state index is 16.7. The van der Waals surface area contributed by atoms with Crippen molar-refractivity contribution in [3.05, 3.63) is 64.3 Å². The first kappa shape index (κ1) is 9.05. The number of rotatable bonds is 6. The highest BCUT2D eigenvalue weighted by molar-refractivity contribution is 6.05. The third kappa shape index (κ3) is 4.41. The number of carbonyl (C=O) groups is 3. The molecule has 178 valence electrons. The highest BCUT2D eigenvalue weighted by Crippen LogP contribution is 2.34. The van der Waals surface area contributed by atoms with Gasteiger partial charge in [-0.25, -0.2) is 4.39 Å². The van der Waals surface area contributed by atoms with Gasteiger partial charge in [-0.05, 0) is 18.5 Å². The molecule has 9 heteroatoms. The van der Waals surface area contributed by atoms with Crippen LogP contribution in [0.1, 0.15) is 67.3 Å². The summed E-state index contributed by atoms with van der Waals surface area (Å²) in [7, 11) is 0. The maximum Gasteiger partial charge on any atom is 0.255 e. The zero-order valence-corrected chi connectivity index (χ0v) is 16.8. The predicted molar refractivity (Wildman–Crippen MR) is 119 cm³/mol. The van der Waals surface area contributed by atoms with Gasteiger partial charge in [-0.2, -0.15) is 0 Å². The van der Waals surface area contributed by atoms with Crippen molar-refractivity contribution in [3.8, 4) is 5.75 Å². The number of piperidine rings is 1. The van der Waals surface area contributed by atoms with E-state index >= 15 is 4.39 Å². The molecule has 0 aromatic heterocycles. The second kappa shape index (κ2) is 9.52. The number of hydrogen-bond donors (Lipinski definition) is 1. The molecule has 0 radical (unpaired) electrons. The van der Waals surface area contributed by atoms with Crippen molar-refractivity contribution in [3.63, 3.8) is 0 Å². The average molecular weight is 488 g/mol. The largest absolute Gasteiger partial charge is 0.488 e. The average Bonchev–Trinajstić information content (AvgIpc) is 3.19. The first-order valence-electron chi connectivity index (χ1n) is 19.5. The number of imide groups is 1. The molecule has 3 aliphatic rings. The third-order valence-corrected chi connectivity index (χ3v) is 4.74. The van der Waals surface area contributed by atoms with Crippen molar-refractivity contribution in [1.82, 2.24) is 15.1 Å². The Morgan fingerprint density at radius 3 is 2.74 bits per heavy atom. The monoisotopic (exact) mass is 487 g/mol. The molecule has 8 nitrogen and oxygen atoms in total. The summed E-state index contributed by atoms with van der Waals surface area (Å²) in [6.45, 7) is -27.5. The van der Waals surface area contributed by atoms with E-state index in [2.05, 4.69) is 4.74 Å². The Hall–Kier alpha value is -3.30. The van der Waals surface area contributed by atoms with Gasteiger partial charge < -0.3 is 14.4 Å². The quantitative estimate of drug-likeness (QED) is 0.627. The molecule has 0 spiro atoms. The van der Waals surface area contributed by atoms with Crippen molar-refractivity contribution in [2.75, 3.05) is 26.1 Å². The summed E-state index contributed by atoms with van der Waals surface area (Å²) in [4.78, 5) is 37.5. The molecule has 34 heavy (non-hydrogen) atoms. The third-order valence-electron chi connectivity index (χ3n) is 4.74. The molecule has 3 heterocycles. The van der Waals surface area contributed by atoms with E-state index in [1.165, 1.54) is 0 Å². The van der Waals surface area contributed by atoms with Crippen LogP contribution in [0, 0.1) is 5.82 Å². The lowest BCUT2D eigenvalue weighted by molar-refractivity contribution is -0.136. The summed E-state index contributed by atoms with van der Waals surface area (Å²) in [5, 5.41) is 1.91. The van der Waals surface area contributed by atoms with Crippen LogP contribution in [0.2, 0.25) is 0 Å². The SMILES string of the molecule is [2H]c1c([2H])c(OC([2H])([2H])c2c([2H])c([2H])c([2H])c(C([2H])([2H])N3C([2H])([2H])C([2H])([2H])OC([2H])([2H])C3([2H])[2H])c2F)c2c(c1[2H])C(=O)N(C1CCC(=O)NC1=O)C2([2H])[2H]. The molecule has 1 N–H and O–H groups in total. The summed E-state index contributed by atoms with van der Waals surface area (Å²) in [5.41, 5.74) is -5.90. The lowest BCUT2D eigenvalue weighted by Gasteiger charge is -2.29. The van der Waals surface area contributed by atoms with Crippen LogP contribution in [0.5, 0.6) is 5.75 Å². The van der Waals surface area contributed by atoms with Gasteiger partial charge in [0, 0.05) is 56.4 Å². The Balaban J connectivity index is 1.73. The fourth-order valence-electron chi connectivity index (χ4n) is 3.17. The molecule has 5 rings (SSSR count). The summed E-state index contributed by atoms with van der Waals surface area (Å²) in [6, 6.07) is -10.0. The lowest BCUT2D eigenvalue weighted by atomic mass is 10.0. The van der Waals surface area contributed by atoms with E-state index in [1.807, 2.05) is 5.32 Å². The normalized spacial score (nSPS) is 37.7. The predicted octanol–water partition coefficient (Wildman–Crippen LogP) is 2.00. The van der Waals surface area contributed by atoms with Gasteiger partial charge >= 0.3 is 0 Å². The highest BCUT2D eigenvalue weighted by Gasteiger charge is 2.40. The van der Waals surface area contributed by atoms with Crippen molar-refractivity contribution in [2.24, 2.45) is 0 Å². The van der Waals surface area contributed by atoms with Gasteiger partial charge in [-0.15, -0.1) is 0 Å². The number of benzene rings is 2. The Morgan fingerprint density at radius 2 is 1.94 bits per heavy atom. The van der Waals surface area contributed by atoms with Gasteiger partial charge in [-0.1, -0.05) is 24.2 Å². The van der Waals surface area contributed by atoms with Crippen LogP contribution in [0.25, 0.3) is 0 Å². The van der Waals surface area contributed by atoms with Crippen molar-refractivity contribution in [1.29, 1.82) is 0 Å². The van der Waals surface area contributed by atoms with E-state index in [4.69, 9.17) is 32.2 Å². The molecule has 2 fully saturated rings. The molecular formula is C25H26FN3O5. The molecule has 0 saturated carbocycles. The summed E-state index contributed by atoms with van der Waals surface area (Å²) < 4.78 is 192. The first-order chi connectivity index (χ1) is 24.2. The fraction of sp³-hybridized carbons (Fsp3) is 0.400. The van der Waals surface area contributed by atoms with Gasteiger partial charge in [0.1, 0.15) is 24.2 Å². The standard InChI is InChI=1S/C25H26FN3O5/c26-23-16(13-28-9-11-33-12-10-28)3-1-4-17(23)15-34-21-6-2-5-18-19(21)14-29(25(18)32)20-7-8-22(30)27-24(20)31/h1-6,20H,7-15H2,(H,27,30,31)/i1D,2D,3D,4D,5D,6D,9D2,10D2,11D2,12D2,13D2,14D2,15D2. The molecule has 2 aromatic rings. The molecule has 1 unspecified atom stereocenters. The Kier molecular flexibility index (Phi) is 2.53. The Morgan fingerprint density at radius 1 is 1.18 bits per heavy atom. The van der Waals surface area contributed by atoms with Gasteiger partial charge in [0.2, 0.25) is 11.8 Å². The zero-order valence-electron chi connectivity index (χ0n) is 36.8. The smallest absolute Gasteiger partial charge is 0.255 e. The van der Waals surface area contributed by atoms with E-state index in [9.17, 15) is 14.4 Å². The molecule has 3 amide bonds. The summed E-state index contributed by atoms with van der Waals surface area (Å²) >= 11 is 0. The molecule has 2 saturated heterocycles. The Labute approximate surface area is 224 Å². The van der Waals surface area contributed by atoms with Crippen LogP contribution in [0.4, 0.5) is 4.39 Å². The van der Waals surface area contributed by atoms with E-state index in [0.29, 0.717) is 0 Å². The zero-order chi connectivity index (χ0) is 41.4. The highest BCUT2D eigenvalue weighted by atomic mass is 19.1. The van der Waals surface area contributed by atoms with Crippen LogP contribution >= 0.6 is 0 Å². The second-order valence-corrected chi connectivity index (χ2v) is 6.83. The van der Waals surface area contributed by atoms with Gasteiger partial charge in [0.05, 0.1) is 38.8 Å². The number of ether oxygens (including phenoxy) is 2. The maximum atomic E-state index is 16.7. The van der Waals surface area contributed by atoms with Gasteiger partial charge in [-0.3, -0.25) is 24.6 Å². The number of carbonyl (C=O) groups excluding carboxylic acids is 3.